The second-order valence-electron chi connectivity index (χ2n) is 4.48. The average Bonchev–Trinajstić information content (AvgIpc) is 2.87. The minimum absolute atomic E-state index is 0.0175. The van der Waals surface area contributed by atoms with Crippen LogP contribution < -0.4 is 11.1 Å². The van der Waals surface area contributed by atoms with Gasteiger partial charge in [-0.05, 0) is 30.7 Å². The summed E-state index contributed by atoms with van der Waals surface area (Å²) in [7, 11) is 0. The van der Waals surface area contributed by atoms with Crippen LogP contribution in [0, 0.1) is 5.82 Å². The van der Waals surface area contributed by atoms with Gasteiger partial charge in [-0.15, -0.1) is 0 Å². The summed E-state index contributed by atoms with van der Waals surface area (Å²) in [5.74, 6) is -0.245. The molecule has 1 atom stereocenters. The van der Waals surface area contributed by atoms with Crippen LogP contribution >= 0.6 is 0 Å². The molecular weight excluding hydrogens is 243 g/mol. The van der Waals surface area contributed by atoms with Gasteiger partial charge in [0.05, 0.1) is 12.2 Å². The van der Waals surface area contributed by atoms with Gasteiger partial charge in [-0.2, -0.15) is 5.10 Å². The van der Waals surface area contributed by atoms with Gasteiger partial charge in [0.15, 0.2) is 0 Å². The van der Waals surface area contributed by atoms with Crippen LogP contribution in [0.3, 0.4) is 0 Å². The molecule has 3 N–H and O–H groups in total. The van der Waals surface area contributed by atoms with Crippen molar-refractivity contribution < 1.29 is 4.39 Å². The number of nitrogens with one attached hydrogen (secondary N) is 1. The molecule has 5 heteroatoms. The third-order valence-electron chi connectivity index (χ3n) is 2.93. The average molecular weight is 262 g/mol. The van der Waals surface area contributed by atoms with Gasteiger partial charge >= 0.3 is 0 Å². The van der Waals surface area contributed by atoms with Gasteiger partial charge in [0.1, 0.15) is 5.82 Å². The van der Waals surface area contributed by atoms with E-state index in [1.54, 1.807) is 12.1 Å². The highest BCUT2D eigenvalue weighted by molar-refractivity contribution is 5.45. The third-order valence-corrected chi connectivity index (χ3v) is 2.93. The lowest BCUT2D eigenvalue weighted by Gasteiger charge is -2.16. The topological polar surface area (TPSA) is 55.9 Å². The van der Waals surface area contributed by atoms with Crippen LogP contribution in [0.5, 0.6) is 0 Å². The summed E-state index contributed by atoms with van der Waals surface area (Å²) in [4.78, 5) is 0. The summed E-state index contributed by atoms with van der Waals surface area (Å²) in [5, 5.41) is 7.57. The molecule has 102 valence electrons. The monoisotopic (exact) mass is 262 g/mol. The number of hydrogen-bond donors (Lipinski definition) is 2. The Bertz CT molecular complexity index is 506. The largest absolute Gasteiger partial charge is 0.377 e. The van der Waals surface area contributed by atoms with Crippen LogP contribution in [0.4, 0.5) is 10.1 Å². The molecule has 0 fully saturated rings. The molecule has 0 amide bonds. The maximum Gasteiger partial charge on any atom is 0.123 e. The van der Waals surface area contributed by atoms with E-state index in [1.807, 2.05) is 17.1 Å². The van der Waals surface area contributed by atoms with Crippen LogP contribution in [-0.2, 0) is 6.54 Å². The van der Waals surface area contributed by atoms with E-state index in [0.29, 0.717) is 6.54 Å². The molecule has 0 aliphatic rings. The Hall–Kier alpha value is -1.88. The number of rotatable bonds is 6. The molecule has 2 rings (SSSR count). The van der Waals surface area contributed by atoms with E-state index < -0.39 is 0 Å². The Morgan fingerprint density at radius 2 is 2.11 bits per heavy atom. The summed E-state index contributed by atoms with van der Waals surface area (Å²) < 4.78 is 14.8. The number of anilines is 1. The normalized spacial score (nSPS) is 12.4. The summed E-state index contributed by atoms with van der Waals surface area (Å²) in [6.07, 6.45) is 4.86. The van der Waals surface area contributed by atoms with Crippen molar-refractivity contribution >= 4 is 5.69 Å². The molecule has 0 aliphatic heterocycles. The molecule has 0 aliphatic carbocycles. The Balaban J connectivity index is 2.08. The molecule has 4 nitrogen and oxygen atoms in total. The van der Waals surface area contributed by atoms with E-state index in [9.17, 15) is 4.39 Å². The first-order valence-electron chi connectivity index (χ1n) is 6.47. The fourth-order valence-corrected chi connectivity index (χ4v) is 1.94. The van der Waals surface area contributed by atoms with Gasteiger partial charge in [-0.25, -0.2) is 4.39 Å². The van der Waals surface area contributed by atoms with E-state index in [-0.39, 0.29) is 11.9 Å². The van der Waals surface area contributed by atoms with Gasteiger partial charge in [0, 0.05) is 30.5 Å². The third kappa shape index (κ3) is 3.54. The van der Waals surface area contributed by atoms with Gasteiger partial charge in [0.2, 0.25) is 0 Å². The lowest BCUT2D eigenvalue weighted by atomic mass is 10.1. The van der Waals surface area contributed by atoms with Crippen LogP contribution in [0.1, 0.15) is 24.9 Å². The smallest absolute Gasteiger partial charge is 0.123 e. The zero-order chi connectivity index (χ0) is 13.7. The number of benzene rings is 1. The first-order chi connectivity index (χ1) is 9.22. The minimum atomic E-state index is -0.245. The quantitative estimate of drug-likeness (QED) is 0.841. The molecule has 19 heavy (non-hydrogen) atoms. The second-order valence-corrected chi connectivity index (χ2v) is 4.48. The van der Waals surface area contributed by atoms with E-state index in [0.717, 1.165) is 24.2 Å². The minimum Gasteiger partial charge on any atom is -0.377 e. The second kappa shape index (κ2) is 6.33. The number of nitrogens with two attached hydrogens (primary N) is 1. The standard InChI is InChI=1S/C14H19FN4/c1-2-7-19-10-11(9-17-19)14(8-16)18-13-5-3-12(15)4-6-13/h3-6,9-10,14,18H,2,7-8,16H2,1H3. The fourth-order valence-electron chi connectivity index (χ4n) is 1.94. The molecule has 1 heterocycles. The Morgan fingerprint density at radius 3 is 2.74 bits per heavy atom. The van der Waals surface area contributed by atoms with Crippen molar-refractivity contribution in [2.24, 2.45) is 5.73 Å². The lowest BCUT2D eigenvalue weighted by Crippen LogP contribution is -2.20. The van der Waals surface area contributed by atoms with Crippen molar-refractivity contribution in [2.45, 2.75) is 25.9 Å². The zero-order valence-corrected chi connectivity index (χ0v) is 11.0. The first-order valence-corrected chi connectivity index (χ1v) is 6.47. The Morgan fingerprint density at radius 1 is 1.37 bits per heavy atom. The highest BCUT2D eigenvalue weighted by Gasteiger charge is 2.11. The predicted molar refractivity (Wildman–Crippen MR) is 74.3 cm³/mol. The van der Waals surface area contributed by atoms with Crippen molar-refractivity contribution in [3.8, 4) is 0 Å². The van der Waals surface area contributed by atoms with E-state index in [2.05, 4.69) is 17.3 Å². The SMILES string of the molecule is CCCn1cc(C(CN)Nc2ccc(F)cc2)cn1. The van der Waals surface area contributed by atoms with Crippen LogP contribution in [0.25, 0.3) is 0 Å². The molecule has 0 spiro atoms. The zero-order valence-electron chi connectivity index (χ0n) is 11.0. The molecule has 0 bridgehead atoms. The van der Waals surface area contributed by atoms with Gasteiger partial charge < -0.3 is 11.1 Å². The number of nitrogens with zero attached hydrogens (tertiary/aromatic N) is 2. The van der Waals surface area contributed by atoms with Gasteiger partial charge in [-0.3, -0.25) is 4.68 Å². The van der Waals surface area contributed by atoms with Gasteiger partial charge in [-0.1, -0.05) is 6.92 Å². The van der Waals surface area contributed by atoms with E-state index >= 15 is 0 Å². The highest BCUT2D eigenvalue weighted by atomic mass is 19.1. The molecule has 1 aromatic heterocycles. The molecule has 2 aromatic rings. The van der Waals surface area contributed by atoms with Crippen LogP contribution in [0.2, 0.25) is 0 Å². The summed E-state index contributed by atoms with van der Waals surface area (Å²) in [6.45, 7) is 3.46. The highest BCUT2D eigenvalue weighted by Crippen LogP contribution is 2.18. The molecule has 0 saturated carbocycles. The Labute approximate surface area is 112 Å². The molecule has 1 unspecified atom stereocenters. The van der Waals surface area contributed by atoms with E-state index in [1.165, 1.54) is 12.1 Å². The van der Waals surface area contributed by atoms with Crippen molar-refractivity contribution in [3.63, 3.8) is 0 Å². The summed E-state index contributed by atoms with van der Waals surface area (Å²) >= 11 is 0. The van der Waals surface area contributed by atoms with E-state index in [4.69, 9.17) is 5.73 Å². The fraction of sp³-hybridized carbons (Fsp3) is 0.357. The summed E-state index contributed by atoms with van der Waals surface area (Å²) in [5.41, 5.74) is 7.68. The van der Waals surface area contributed by atoms with Crippen molar-refractivity contribution in [3.05, 3.63) is 48.0 Å². The number of aromatic nitrogens is 2. The lowest BCUT2D eigenvalue weighted by molar-refractivity contribution is 0.601. The number of hydrogen-bond acceptors (Lipinski definition) is 3. The van der Waals surface area contributed by atoms with Crippen LogP contribution in [0.15, 0.2) is 36.7 Å². The van der Waals surface area contributed by atoms with Crippen molar-refractivity contribution in [2.75, 3.05) is 11.9 Å². The Kier molecular flexibility index (Phi) is 4.52. The molecule has 0 saturated heterocycles. The van der Waals surface area contributed by atoms with Crippen molar-refractivity contribution in [1.29, 1.82) is 0 Å². The van der Waals surface area contributed by atoms with Crippen molar-refractivity contribution in [1.82, 2.24) is 9.78 Å². The van der Waals surface area contributed by atoms with Crippen LogP contribution in [-0.4, -0.2) is 16.3 Å². The molecular formula is C14H19FN4. The maximum atomic E-state index is 12.9. The number of aryl methyl sites for hydroxylation is 1. The summed E-state index contributed by atoms with van der Waals surface area (Å²) in [6, 6.07) is 6.24. The molecule has 0 radical (unpaired) electrons. The van der Waals surface area contributed by atoms with Gasteiger partial charge in [0.25, 0.3) is 0 Å². The first kappa shape index (κ1) is 13.5. The predicted octanol–water partition coefficient (Wildman–Crippen LogP) is 2.54. The number of halogens is 1. The maximum absolute atomic E-state index is 12.9. The molecule has 1 aromatic carbocycles.